The van der Waals surface area contributed by atoms with Gasteiger partial charge in [-0.15, -0.1) is 17.5 Å². The molecule has 24 heavy (non-hydrogen) atoms. The highest BCUT2D eigenvalue weighted by Gasteiger charge is 2.20. The molecule has 0 bridgehead atoms. The first-order valence-corrected chi connectivity index (χ1v) is 8.07. The molecule has 0 saturated carbocycles. The van der Waals surface area contributed by atoms with Gasteiger partial charge in [0.1, 0.15) is 5.82 Å². The zero-order chi connectivity index (χ0) is 16.8. The van der Waals surface area contributed by atoms with Crippen molar-refractivity contribution in [3.63, 3.8) is 0 Å². The minimum atomic E-state index is -0.191. The number of para-hydroxylation sites is 1. The molecule has 2 aromatic rings. The molecule has 1 N–H and O–H groups in total. The van der Waals surface area contributed by atoms with E-state index in [-0.39, 0.29) is 24.1 Å². The standard InChI is InChI=1S/C16H22ClN5O.ClH/c1-4-7-14-19-15(16(23)21(3)11-10-18-2)20-22(14)13-9-6-5-8-12(13)17;/h5-6,8-9,18H,4,7,10-11H2,1-3H3;1H. The quantitative estimate of drug-likeness (QED) is 0.812. The zero-order valence-electron chi connectivity index (χ0n) is 14.1. The van der Waals surface area contributed by atoms with Gasteiger partial charge in [-0.25, -0.2) is 9.67 Å². The lowest BCUT2D eigenvalue weighted by atomic mass is 10.3. The van der Waals surface area contributed by atoms with E-state index < -0.39 is 0 Å². The molecule has 1 heterocycles. The molecule has 0 fully saturated rings. The third-order valence-corrected chi connectivity index (χ3v) is 3.78. The highest BCUT2D eigenvalue weighted by molar-refractivity contribution is 6.32. The van der Waals surface area contributed by atoms with Crippen LogP contribution in [0.1, 0.15) is 29.8 Å². The Balaban J connectivity index is 0.00000288. The summed E-state index contributed by atoms with van der Waals surface area (Å²) in [6, 6.07) is 7.42. The van der Waals surface area contributed by atoms with E-state index >= 15 is 0 Å². The van der Waals surface area contributed by atoms with Gasteiger partial charge in [0.2, 0.25) is 5.82 Å². The summed E-state index contributed by atoms with van der Waals surface area (Å²) in [5.41, 5.74) is 0.738. The van der Waals surface area contributed by atoms with Crippen LogP contribution in [0.25, 0.3) is 5.69 Å². The maximum atomic E-state index is 12.5. The van der Waals surface area contributed by atoms with Crippen LogP contribution < -0.4 is 5.32 Å². The Morgan fingerprint density at radius 3 is 2.71 bits per heavy atom. The van der Waals surface area contributed by atoms with E-state index in [4.69, 9.17) is 11.6 Å². The number of rotatable bonds is 7. The molecular weight excluding hydrogens is 349 g/mol. The molecule has 0 aliphatic carbocycles. The Labute approximate surface area is 153 Å². The molecule has 1 aromatic carbocycles. The molecule has 0 saturated heterocycles. The number of nitrogens with one attached hydrogen (secondary N) is 1. The van der Waals surface area contributed by atoms with Crippen LogP contribution in [0, 0.1) is 0 Å². The van der Waals surface area contributed by atoms with Crippen molar-refractivity contribution in [2.45, 2.75) is 19.8 Å². The number of hydrogen-bond acceptors (Lipinski definition) is 4. The van der Waals surface area contributed by atoms with Crippen molar-refractivity contribution < 1.29 is 4.79 Å². The minimum Gasteiger partial charge on any atom is -0.338 e. The van der Waals surface area contributed by atoms with Crippen molar-refractivity contribution in [3.05, 3.63) is 40.9 Å². The Morgan fingerprint density at radius 2 is 2.08 bits per heavy atom. The average molecular weight is 372 g/mol. The van der Waals surface area contributed by atoms with Crippen LogP contribution in [0.2, 0.25) is 5.02 Å². The predicted octanol–water partition coefficient (Wildman–Crippen LogP) is 2.59. The van der Waals surface area contributed by atoms with E-state index in [2.05, 4.69) is 22.3 Å². The van der Waals surface area contributed by atoms with Crippen molar-refractivity contribution >= 4 is 29.9 Å². The highest BCUT2D eigenvalue weighted by atomic mass is 35.5. The van der Waals surface area contributed by atoms with Crippen molar-refractivity contribution in [3.8, 4) is 5.69 Å². The van der Waals surface area contributed by atoms with Gasteiger partial charge in [0, 0.05) is 26.6 Å². The van der Waals surface area contributed by atoms with Gasteiger partial charge in [-0.2, -0.15) is 0 Å². The number of carbonyl (C=O) groups excluding carboxylic acids is 1. The number of carbonyl (C=O) groups is 1. The zero-order valence-corrected chi connectivity index (χ0v) is 15.7. The van der Waals surface area contributed by atoms with E-state index in [0.717, 1.165) is 30.9 Å². The van der Waals surface area contributed by atoms with Crippen molar-refractivity contribution in [1.29, 1.82) is 0 Å². The number of benzene rings is 1. The second kappa shape index (κ2) is 9.61. The van der Waals surface area contributed by atoms with Crippen LogP contribution >= 0.6 is 24.0 Å². The minimum absolute atomic E-state index is 0. The summed E-state index contributed by atoms with van der Waals surface area (Å²) in [6.45, 7) is 3.38. The summed E-state index contributed by atoms with van der Waals surface area (Å²) in [5.74, 6) is 0.751. The normalized spacial score (nSPS) is 10.3. The van der Waals surface area contributed by atoms with Crippen LogP contribution in [0.4, 0.5) is 0 Å². The highest BCUT2D eigenvalue weighted by Crippen LogP contribution is 2.21. The van der Waals surface area contributed by atoms with Gasteiger partial charge in [-0.1, -0.05) is 30.7 Å². The maximum absolute atomic E-state index is 12.5. The third kappa shape index (κ3) is 4.69. The van der Waals surface area contributed by atoms with Gasteiger partial charge in [0.15, 0.2) is 0 Å². The van der Waals surface area contributed by atoms with Crippen LogP contribution in [0.15, 0.2) is 24.3 Å². The average Bonchev–Trinajstić information content (AvgIpc) is 2.96. The number of nitrogens with zero attached hydrogens (tertiary/aromatic N) is 4. The largest absolute Gasteiger partial charge is 0.338 e. The molecule has 0 spiro atoms. The number of amides is 1. The van der Waals surface area contributed by atoms with E-state index in [9.17, 15) is 4.79 Å². The van der Waals surface area contributed by atoms with E-state index in [1.807, 2.05) is 25.2 Å². The summed E-state index contributed by atoms with van der Waals surface area (Å²) in [7, 11) is 3.59. The number of aromatic nitrogens is 3. The monoisotopic (exact) mass is 371 g/mol. The number of halogens is 2. The molecule has 132 valence electrons. The van der Waals surface area contributed by atoms with Crippen LogP contribution in [0.3, 0.4) is 0 Å². The molecule has 1 amide bonds. The fourth-order valence-corrected chi connectivity index (χ4v) is 2.40. The van der Waals surface area contributed by atoms with Crippen LogP contribution in [-0.4, -0.2) is 52.8 Å². The van der Waals surface area contributed by atoms with Gasteiger partial charge in [-0.3, -0.25) is 4.79 Å². The fourth-order valence-electron chi connectivity index (χ4n) is 2.19. The van der Waals surface area contributed by atoms with Gasteiger partial charge in [-0.05, 0) is 25.6 Å². The van der Waals surface area contributed by atoms with Crippen LogP contribution in [0.5, 0.6) is 0 Å². The van der Waals surface area contributed by atoms with Crippen molar-refractivity contribution in [1.82, 2.24) is 25.0 Å². The Kier molecular flexibility index (Phi) is 8.18. The number of aryl methyl sites for hydroxylation is 1. The second-order valence-electron chi connectivity index (χ2n) is 5.30. The van der Waals surface area contributed by atoms with Crippen LogP contribution in [-0.2, 0) is 6.42 Å². The summed E-state index contributed by atoms with van der Waals surface area (Å²) in [5, 5.41) is 8.00. The third-order valence-electron chi connectivity index (χ3n) is 3.46. The predicted molar refractivity (Wildman–Crippen MR) is 98.5 cm³/mol. The lowest BCUT2D eigenvalue weighted by Crippen LogP contribution is -2.33. The fraction of sp³-hybridized carbons (Fsp3) is 0.438. The summed E-state index contributed by atoms with van der Waals surface area (Å²) < 4.78 is 1.67. The molecule has 2 rings (SSSR count). The van der Waals surface area contributed by atoms with E-state index in [1.165, 1.54) is 0 Å². The molecule has 0 radical (unpaired) electrons. The Bertz CT molecular complexity index is 674. The molecule has 0 aliphatic rings. The topological polar surface area (TPSA) is 63.1 Å². The SMILES string of the molecule is CCCc1nc(C(=O)N(C)CCNC)nn1-c1ccccc1Cl.Cl. The summed E-state index contributed by atoms with van der Waals surface area (Å²) >= 11 is 6.26. The molecule has 0 aliphatic heterocycles. The van der Waals surface area contributed by atoms with Gasteiger partial charge in [0.05, 0.1) is 10.7 Å². The Hall–Kier alpha value is -1.63. The first-order valence-electron chi connectivity index (χ1n) is 7.69. The van der Waals surface area contributed by atoms with Gasteiger partial charge < -0.3 is 10.2 Å². The van der Waals surface area contributed by atoms with Crippen molar-refractivity contribution in [2.24, 2.45) is 0 Å². The number of likely N-dealkylation sites (N-methyl/N-ethyl adjacent to an activating group) is 2. The molecule has 1 aromatic heterocycles. The molecule has 8 heteroatoms. The van der Waals surface area contributed by atoms with Crippen molar-refractivity contribution in [2.75, 3.05) is 27.2 Å². The molecule has 0 unspecified atom stereocenters. The van der Waals surface area contributed by atoms with Gasteiger partial charge in [0.25, 0.3) is 5.91 Å². The lowest BCUT2D eigenvalue weighted by molar-refractivity contribution is 0.0785. The molecule has 6 nitrogen and oxygen atoms in total. The first kappa shape index (κ1) is 20.4. The van der Waals surface area contributed by atoms with Gasteiger partial charge >= 0.3 is 0 Å². The van der Waals surface area contributed by atoms with E-state index in [1.54, 1.807) is 22.7 Å². The van der Waals surface area contributed by atoms with E-state index in [0.29, 0.717) is 11.6 Å². The smallest absolute Gasteiger partial charge is 0.293 e. The first-order chi connectivity index (χ1) is 11.1. The second-order valence-corrected chi connectivity index (χ2v) is 5.70. The lowest BCUT2D eigenvalue weighted by Gasteiger charge is -2.14. The molecule has 0 atom stereocenters. The molecular formula is C16H23Cl2N5O. The Morgan fingerprint density at radius 1 is 1.38 bits per heavy atom. The number of hydrogen-bond donors (Lipinski definition) is 1. The maximum Gasteiger partial charge on any atom is 0.293 e. The summed E-state index contributed by atoms with van der Waals surface area (Å²) in [4.78, 5) is 18.5. The summed E-state index contributed by atoms with van der Waals surface area (Å²) in [6.07, 6.45) is 1.64.